The predicted molar refractivity (Wildman–Crippen MR) is 103 cm³/mol. The first kappa shape index (κ1) is 19.7. The summed E-state index contributed by atoms with van der Waals surface area (Å²) in [6.07, 6.45) is 3.76. The van der Waals surface area contributed by atoms with E-state index in [-0.39, 0.29) is 36.2 Å². The van der Waals surface area contributed by atoms with Crippen molar-refractivity contribution in [2.45, 2.75) is 5.92 Å². The quantitative estimate of drug-likeness (QED) is 0.648. The van der Waals surface area contributed by atoms with E-state index in [1.807, 2.05) is 19.4 Å². The van der Waals surface area contributed by atoms with Crippen LogP contribution in [-0.4, -0.2) is 41.9 Å². The maximum absolute atomic E-state index is 12.7. The summed E-state index contributed by atoms with van der Waals surface area (Å²) < 4.78 is 1.75. The standard InChI is InChI=1S/C17H22N6O2.ClH/c1-18-17(25)22-13-5-3-4-12(6-13)21-16(24)15-9-19-8-14(15)11-7-20-23(2)10-11;/h3-7,10,14-15,19H,8-9H2,1-2H3,(H,21,24)(H2,18,22,25);1H/t14-,15+;/m1./s1. The second-order valence-electron chi connectivity index (χ2n) is 6.09. The van der Waals surface area contributed by atoms with Crippen LogP contribution < -0.4 is 21.3 Å². The summed E-state index contributed by atoms with van der Waals surface area (Å²) in [4.78, 5) is 24.1. The number of urea groups is 1. The van der Waals surface area contributed by atoms with Crippen LogP contribution in [0.5, 0.6) is 0 Å². The first-order valence-corrected chi connectivity index (χ1v) is 8.15. The molecule has 0 bridgehead atoms. The lowest BCUT2D eigenvalue weighted by Crippen LogP contribution is -2.28. The first-order chi connectivity index (χ1) is 12.1. The molecule has 1 aliphatic rings. The molecule has 1 aromatic carbocycles. The SMILES string of the molecule is CNC(=O)Nc1cccc(NC(=O)[C@H]2CNC[C@@H]2c2cnn(C)c2)c1.Cl. The summed E-state index contributed by atoms with van der Waals surface area (Å²) in [5.74, 6) is -0.114. The van der Waals surface area contributed by atoms with Crippen LogP contribution in [-0.2, 0) is 11.8 Å². The minimum Gasteiger partial charge on any atom is -0.341 e. The van der Waals surface area contributed by atoms with Gasteiger partial charge in [0.25, 0.3) is 0 Å². The van der Waals surface area contributed by atoms with E-state index in [2.05, 4.69) is 26.4 Å². The zero-order valence-electron chi connectivity index (χ0n) is 14.7. The second-order valence-corrected chi connectivity index (χ2v) is 6.09. The Labute approximate surface area is 158 Å². The third-order valence-electron chi connectivity index (χ3n) is 4.32. The van der Waals surface area contributed by atoms with E-state index in [0.29, 0.717) is 17.9 Å². The van der Waals surface area contributed by atoms with Gasteiger partial charge in [-0.2, -0.15) is 5.10 Å². The van der Waals surface area contributed by atoms with Crippen molar-refractivity contribution in [2.24, 2.45) is 13.0 Å². The average molecular weight is 379 g/mol. The Hall–Kier alpha value is -2.58. The number of hydrogen-bond acceptors (Lipinski definition) is 4. The zero-order chi connectivity index (χ0) is 17.8. The summed E-state index contributed by atoms with van der Waals surface area (Å²) in [5.41, 5.74) is 2.32. The molecule has 0 unspecified atom stereocenters. The monoisotopic (exact) mass is 378 g/mol. The minimum absolute atomic E-state index is 0. The topological polar surface area (TPSA) is 100 Å². The van der Waals surface area contributed by atoms with Gasteiger partial charge in [-0.3, -0.25) is 9.48 Å². The van der Waals surface area contributed by atoms with E-state index in [4.69, 9.17) is 0 Å². The maximum Gasteiger partial charge on any atom is 0.318 e. The average Bonchev–Trinajstić information content (AvgIpc) is 3.23. The number of nitrogens with zero attached hydrogens (tertiary/aromatic N) is 2. The molecule has 2 aromatic rings. The van der Waals surface area contributed by atoms with Crippen LogP contribution in [0.1, 0.15) is 11.5 Å². The fraction of sp³-hybridized carbons (Fsp3) is 0.353. The van der Waals surface area contributed by atoms with Gasteiger partial charge in [-0.25, -0.2) is 4.79 Å². The highest BCUT2D eigenvalue weighted by Gasteiger charge is 2.34. The van der Waals surface area contributed by atoms with Gasteiger partial charge >= 0.3 is 6.03 Å². The van der Waals surface area contributed by atoms with Crippen molar-refractivity contribution in [1.82, 2.24) is 20.4 Å². The number of hydrogen-bond donors (Lipinski definition) is 4. The summed E-state index contributed by atoms with van der Waals surface area (Å²) in [6, 6.07) is 6.77. The van der Waals surface area contributed by atoms with Gasteiger partial charge in [0.05, 0.1) is 12.1 Å². The third kappa shape index (κ3) is 4.53. The molecule has 0 radical (unpaired) electrons. The third-order valence-corrected chi connectivity index (χ3v) is 4.32. The summed E-state index contributed by atoms with van der Waals surface area (Å²) in [6.45, 7) is 1.38. The van der Waals surface area contributed by atoms with Gasteiger partial charge in [0.2, 0.25) is 5.91 Å². The number of anilines is 2. The van der Waals surface area contributed by atoms with Crippen LogP contribution >= 0.6 is 12.4 Å². The molecule has 26 heavy (non-hydrogen) atoms. The molecule has 1 aromatic heterocycles. The molecule has 1 fully saturated rings. The normalized spacial score (nSPS) is 18.7. The number of carbonyl (C=O) groups excluding carboxylic acids is 2. The molecule has 140 valence electrons. The molecule has 0 spiro atoms. The van der Waals surface area contributed by atoms with Gasteiger partial charge in [-0.1, -0.05) is 6.07 Å². The van der Waals surface area contributed by atoms with Crippen molar-refractivity contribution in [3.63, 3.8) is 0 Å². The van der Waals surface area contributed by atoms with Crippen LogP contribution in [0.25, 0.3) is 0 Å². The number of amides is 3. The Morgan fingerprint density at radius 2 is 1.96 bits per heavy atom. The molecule has 0 saturated carbocycles. The molecule has 1 saturated heterocycles. The Kier molecular flexibility index (Phi) is 6.59. The van der Waals surface area contributed by atoms with E-state index in [0.717, 1.165) is 12.1 Å². The smallest absolute Gasteiger partial charge is 0.318 e. The van der Waals surface area contributed by atoms with E-state index >= 15 is 0 Å². The number of rotatable bonds is 4. The van der Waals surface area contributed by atoms with Gasteiger partial charge < -0.3 is 21.3 Å². The Morgan fingerprint density at radius 3 is 2.62 bits per heavy atom. The Balaban J connectivity index is 0.00000243. The number of benzene rings is 1. The van der Waals surface area contributed by atoms with Crippen molar-refractivity contribution in [3.05, 3.63) is 42.2 Å². The van der Waals surface area contributed by atoms with Crippen molar-refractivity contribution in [2.75, 3.05) is 30.8 Å². The van der Waals surface area contributed by atoms with Crippen LogP contribution in [0, 0.1) is 5.92 Å². The Morgan fingerprint density at radius 1 is 1.23 bits per heavy atom. The van der Waals surface area contributed by atoms with Crippen molar-refractivity contribution < 1.29 is 9.59 Å². The van der Waals surface area contributed by atoms with E-state index in [1.54, 1.807) is 36.0 Å². The van der Waals surface area contributed by atoms with Crippen molar-refractivity contribution in [3.8, 4) is 0 Å². The van der Waals surface area contributed by atoms with Crippen LogP contribution in [0.4, 0.5) is 16.2 Å². The van der Waals surface area contributed by atoms with Gasteiger partial charge in [-0.05, 0) is 23.8 Å². The molecule has 4 N–H and O–H groups in total. The number of aromatic nitrogens is 2. The predicted octanol–water partition coefficient (Wildman–Crippen LogP) is 1.53. The molecule has 8 nitrogen and oxygen atoms in total. The van der Waals surface area contributed by atoms with Gasteiger partial charge in [-0.15, -0.1) is 12.4 Å². The van der Waals surface area contributed by atoms with Crippen molar-refractivity contribution in [1.29, 1.82) is 0 Å². The number of halogens is 1. The fourth-order valence-electron chi connectivity index (χ4n) is 3.04. The van der Waals surface area contributed by atoms with Gasteiger partial charge in [0.1, 0.15) is 0 Å². The molecule has 1 aliphatic heterocycles. The molecule has 9 heteroatoms. The summed E-state index contributed by atoms with van der Waals surface area (Å²) >= 11 is 0. The molecule has 0 aliphatic carbocycles. The fourth-order valence-corrected chi connectivity index (χ4v) is 3.04. The van der Waals surface area contributed by atoms with E-state index < -0.39 is 0 Å². The Bertz CT molecular complexity index is 778. The number of aryl methyl sites for hydroxylation is 1. The van der Waals surface area contributed by atoms with Gasteiger partial charge in [0.15, 0.2) is 0 Å². The highest BCUT2D eigenvalue weighted by Crippen LogP contribution is 2.29. The molecule has 3 rings (SSSR count). The van der Waals surface area contributed by atoms with E-state index in [1.165, 1.54) is 0 Å². The molecular formula is C17H23ClN6O2. The number of carbonyl (C=O) groups is 2. The zero-order valence-corrected chi connectivity index (χ0v) is 15.5. The van der Waals surface area contributed by atoms with E-state index in [9.17, 15) is 9.59 Å². The first-order valence-electron chi connectivity index (χ1n) is 8.15. The van der Waals surface area contributed by atoms with Crippen LogP contribution in [0.15, 0.2) is 36.7 Å². The lowest BCUT2D eigenvalue weighted by Gasteiger charge is -2.17. The van der Waals surface area contributed by atoms with Crippen molar-refractivity contribution >= 4 is 35.7 Å². The highest BCUT2D eigenvalue weighted by atomic mass is 35.5. The van der Waals surface area contributed by atoms with Gasteiger partial charge in [0, 0.05) is 50.7 Å². The minimum atomic E-state index is -0.305. The molecule has 2 heterocycles. The number of nitrogens with one attached hydrogen (secondary N) is 4. The lowest BCUT2D eigenvalue weighted by atomic mass is 9.90. The molecular weight excluding hydrogens is 356 g/mol. The highest BCUT2D eigenvalue weighted by molar-refractivity contribution is 5.95. The molecule has 3 amide bonds. The lowest BCUT2D eigenvalue weighted by molar-refractivity contribution is -0.119. The van der Waals surface area contributed by atoms with Crippen LogP contribution in [0.2, 0.25) is 0 Å². The largest absolute Gasteiger partial charge is 0.341 e. The summed E-state index contributed by atoms with van der Waals surface area (Å²) in [5, 5.41) is 15.6. The molecule has 2 atom stereocenters. The van der Waals surface area contributed by atoms with Crippen LogP contribution in [0.3, 0.4) is 0 Å². The summed E-state index contributed by atoms with van der Waals surface area (Å²) in [7, 11) is 3.42. The second kappa shape index (κ2) is 8.68. The maximum atomic E-state index is 12.7.